The first-order valence-corrected chi connectivity index (χ1v) is 15.5. The van der Waals surface area contributed by atoms with Gasteiger partial charge in [0.1, 0.15) is 26.4 Å². The van der Waals surface area contributed by atoms with Crippen molar-refractivity contribution in [2.24, 2.45) is 0 Å². The van der Waals surface area contributed by atoms with Gasteiger partial charge >= 0.3 is 24.1 Å². The highest BCUT2D eigenvalue weighted by Gasteiger charge is 2.03. The molecule has 0 saturated carbocycles. The van der Waals surface area contributed by atoms with Crippen molar-refractivity contribution in [2.45, 2.75) is 0 Å². The number of hydrogen-bond donors (Lipinski definition) is 2. The van der Waals surface area contributed by atoms with E-state index in [1.165, 1.54) is 0 Å². The van der Waals surface area contributed by atoms with Gasteiger partial charge < -0.3 is 67.5 Å². The molecule has 2 amide bonds. The van der Waals surface area contributed by atoms with E-state index in [2.05, 4.69) is 23.8 Å². The molecule has 0 radical (unpaired) electrons. The molecule has 278 valence electrons. The van der Waals surface area contributed by atoms with Crippen molar-refractivity contribution in [3.8, 4) is 0 Å². The van der Waals surface area contributed by atoms with E-state index in [4.69, 9.17) is 56.8 Å². The fraction of sp³-hybridized carbons (Fsp3) is 0.733. The van der Waals surface area contributed by atoms with Gasteiger partial charge in [0.2, 0.25) is 0 Å². The molecule has 0 unspecified atom stereocenters. The second kappa shape index (κ2) is 36.5. The molecule has 0 aromatic carbocycles. The Morgan fingerprint density at radius 2 is 0.583 bits per heavy atom. The van der Waals surface area contributed by atoms with Gasteiger partial charge in [0.05, 0.1) is 119 Å². The zero-order valence-electron chi connectivity index (χ0n) is 27.7. The minimum absolute atomic E-state index is 0.0317. The normalized spacial score (nSPS) is 10.6. The SMILES string of the molecule is C=CC(=O)OCCNC(=O)OCCOCCOCCOCCOCCOCCOCCOCCOCCOC(=O)NCCOC(=O)C=C. The molecule has 0 aliphatic carbocycles. The van der Waals surface area contributed by atoms with E-state index in [1.54, 1.807) is 0 Å². The maximum Gasteiger partial charge on any atom is 0.407 e. The van der Waals surface area contributed by atoms with E-state index in [0.29, 0.717) is 92.5 Å². The third kappa shape index (κ3) is 35.5. The van der Waals surface area contributed by atoms with Crippen LogP contribution in [-0.4, -0.2) is 169 Å². The van der Waals surface area contributed by atoms with Crippen molar-refractivity contribution in [2.75, 3.05) is 145 Å². The van der Waals surface area contributed by atoms with Crippen molar-refractivity contribution < 1.29 is 76.0 Å². The molecular weight excluding hydrogens is 644 g/mol. The summed E-state index contributed by atoms with van der Waals surface area (Å²) < 4.78 is 62.3. The van der Waals surface area contributed by atoms with Gasteiger partial charge in [-0.15, -0.1) is 0 Å². The van der Waals surface area contributed by atoms with Crippen LogP contribution in [0.4, 0.5) is 9.59 Å². The molecule has 0 spiro atoms. The molecular formula is C30H52N2O16. The molecule has 2 N–H and O–H groups in total. The predicted octanol–water partition coefficient (Wildman–Crippen LogP) is 0.0300. The van der Waals surface area contributed by atoms with Crippen LogP contribution >= 0.6 is 0 Å². The van der Waals surface area contributed by atoms with Gasteiger partial charge in [-0.25, -0.2) is 19.2 Å². The maximum atomic E-state index is 11.4. The molecule has 48 heavy (non-hydrogen) atoms. The van der Waals surface area contributed by atoms with E-state index in [1.807, 2.05) is 0 Å². The Balaban J connectivity index is 3.18. The summed E-state index contributed by atoms with van der Waals surface area (Å²) in [4.78, 5) is 44.5. The molecule has 0 aliphatic heterocycles. The van der Waals surface area contributed by atoms with Crippen LogP contribution in [0.5, 0.6) is 0 Å². The highest BCUT2D eigenvalue weighted by molar-refractivity contribution is 5.81. The first-order valence-electron chi connectivity index (χ1n) is 15.5. The number of carbonyl (C=O) groups is 4. The minimum atomic E-state index is -0.626. The fourth-order valence-corrected chi connectivity index (χ4v) is 2.86. The van der Waals surface area contributed by atoms with Crippen LogP contribution in [0.2, 0.25) is 0 Å². The van der Waals surface area contributed by atoms with Gasteiger partial charge in [-0.2, -0.15) is 0 Å². The fourth-order valence-electron chi connectivity index (χ4n) is 2.86. The molecule has 0 atom stereocenters. The summed E-state index contributed by atoms with van der Waals surface area (Å²) in [6.07, 6.45) is 0.827. The number of amides is 2. The van der Waals surface area contributed by atoms with Crippen molar-refractivity contribution >= 4 is 24.1 Å². The van der Waals surface area contributed by atoms with Gasteiger partial charge in [0, 0.05) is 12.2 Å². The zero-order chi connectivity index (χ0) is 35.2. The highest BCUT2D eigenvalue weighted by Crippen LogP contribution is 1.88. The molecule has 0 rings (SSSR count). The number of ether oxygens (including phenoxy) is 12. The van der Waals surface area contributed by atoms with Crippen LogP contribution in [-0.2, 0) is 66.4 Å². The number of rotatable bonds is 35. The quantitative estimate of drug-likeness (QED) is 0.0388. The molecule has 0 aliphatic rings. The van der Waals surface area contributed by atoms with Crippen LogP contribution < -0.4 is 10.6 Å². The van der Waals surface area contributed by atoms with Gasteiger partial charge in [-0.1, -0.05) is 13.2 Å². The lowest BCUT2D eigenvalue weighted by Crippen LogP contribution is -2.29. The number of hydrogen-bond acceptors (Lipinski definition) is 16. The largest absolute Gasteiger partial charge is 0.461 e. The molecule has 0 saturated heterocycles. The molecule has 18 nitrogen and oxygen atoms in total. The summed E-state index contributed by atoms with van der Waals surface area (Å²) in [5.41, 5.74) is 0. The molecule has 0 bridgehead atoms. The average molecular weight is 697 g/mol. The van der Waals surface area contributed by atoms with Gasteiger partial charge in [0.15, 0.2) is 0 Å². The van der Waals surface area contributed by atoms with E-state index < -0.39 is 24.1 Å². The molecule has 0 aromatic heterocycles. The van der Waals surface area contributed by atoms with Crippen LogP contribution in [0.1, 0.15) is 0 Å². The molecule has 0 heterocycles. The lowest BCUT2D eigenvalue weighted by molar-refractivity contribution is -0.138. The van der Waals surface area contributed by atoms with Crippen molar-refractivity contribution in [1.82, 2.24) is 10.6 Å². The summed E-state index contributed by atoms with van der Waals surface area (Å²) in [7, 11) is 0. The summed E-state index contributed by atoms with van der Waals surface area (Å²) in [5.74, 6) is -1.12. The number of alkyl carbamates (subject to hydrolysis) is 2. The first kappa shape index (κ1) is 44.6. The lowest BCUT2D eigenvalue weighted by atomic mass is 10.6. The van der Waals surface area contributed by atoms with E-state index in [9.17, 15) is 19.2 Å². The highest BCUT2D eigenvalue weighted by atomic mass is 16.6. The van der Waals surface area contributed by atoms with Gasteiger partial charge in [-0.3, -0.25) is 0 Å². The van der Waals surface area contributed by atoms with Crippen molar-refractivity contribution in [1.29, 1.82) is 0 Å². The first-order chi connectivity index (χ1) is 23.5. The zero-order valence-corrected chi connectivity index (χ0v) is 27.7. The smallest absolute Gasteiger partial charge is 0.407 e. The van der Waals surface area contributed by atoms with Gasteiger partial charge in [0.25, 0.3) is 0 Å². The number of esters is 2. The van der Waals surface area contributed by atoms with E-state index >= 15 is 0 Å². The Hall–Kier alpha value is -3.36. The second-order valence-corrected chi connectivity index (χ2v) is 8.77. The minimum Gasteiger partial charge on any atom is -0.461 e. The standard InChI is InChI=1S/C30H52N2O16/c1-3-27(33)45-7-5-31-29(35)47-25-23-43-21-19-41-17-15-39-13-11-37-9-10-38-12-14-40-16-18-42-20-22-44-24-26-48-30(36)32-6-8-46-28(34)4-2/h3-4H,1-2,5-26H2,(H,31,35)(H,32,36). The number of carbonyl (C=O) groups excluding carboxylic acids is 4. The average Bonchev–Trinajstić information content (AvgIpc) is 3.09. The summed E-state index contributed by atoms with van der Waals surface area (Å²) in [6.45, 7) is 13.3. The Labute approximate surface area is 281 Å². The summed E-state index contributed by atoms with van der Waals surface area (Å²) in [5, 5.41) is 4.86. The Kier molecular flexibility index (Phi) is 33.9. The summed E-state index contributed by atoms with van der Waals surface area (Å²) in [6, 6.07) is 0. The third-order valence-electron chi connectivity index (χ3n) is 5.09. The lowest BCUT2D eigenvalue weighted by Gasteiger charge is -2.09. The maximum absolute atomic E-state index is 11.4. The predicted molar refractivity (Wildman–Crippen MR) is 168 cm³/mol. The van der Waals surface area contributed by atoms with E-state index in [0.717, 1.165) is 12.2 Å². The van der Waals surface area contributed by atoms with Crippen molar-refractivity contribution in [3.63, 3.8) is 0 Å². The van der Waals surface area contributed by atoms with Crippen LogP contribution in [0, 0.1) is 0 Å². The topological polar surface area (TPSA) is 203 Å². The Morgan fingerprint density at radius 3 is 0.812 bits per heavy atom. The Morgan fingerprint density at radius 1 is 0.354 bits per heavy atom. The molecule has 0 fully saturated rings. The van der Waals surface area contributed by atoms with Gasteiger partial charge in [-0.05, 0) is 0 Å². The molecule has 18 heteroatoms. The third-order valence-corrected chi connectivity index (χ3v) is 5.09. The van der Waals surface area contributed by atoms with Crippen molar-refractivity contribution in [3.05, 3.63) is 25.3 Å². The molecule has 0 aromatic rings. The van der Waals surface area contributed by atoms with Crippen LogP contribution in [0.25, 0.3) is 0 Å². The number of nitrogens with one attached hydrogen (secondary N) is 2. The van der Waals surface area contributed by atoms with Crippen LogP contribution in [0.15, 0.2) is 25.3 Å². The van der Waals surface area contributed by atoms with Crippen LogP contribution in [0.3, 0.4) is 0 Å². The Bertz CT molecular complexity index is 767. The summed E-state index contributed by atoms with van der Waals surface area (Å²) >= 11 is 0. The second-order valence-electron chi connectivity index (χ2n) is 8.77. The monoisotopic (exact) mass is 696 g/mol. The van der Waals surface area contributed by atoms with E-state index in [-0.39, 0.29) is 52.7 Å².